The van der Waals surface area contributed by atoms with Crippen LogP contribution in [-0.4, -0.2) is 10.1 Å². The average Bonchev–Trinajstić information content (AvgIpc) is 2.38. The van der Waals surface area contributed by atoms with Crippen LogP contribution in [0.1, 0.15) is 11.1 Å². The van der Waals surface area contributed by atoms with E-state index in [9.17, 15) is 5.11 Å². The molecule has 1 heterocycles. The Labute approximate surface area is 114 Å². The Morgan fingerprint density at radius 3 is 2.67 bits per heavy atom. The van der Waals surface area contributed by atoms with Gasteiger partial charge in [-0.1, -0.05) is 22.5 Å². The van der Waals surface area contributed by atoms with Gasteiger partial charge in [0.25, 0.3) is 0 Å². The molecule has 92 valence electrons. The minimum atomic E-state index is 0.0496. The molecule has 1 aromatic carbocycles. The second-order valence-electron chi connectivity index (χ2n) is 3.85. The maximum atomic E-state index is 9.56. The highest BCUT2D eigenvalue weighted by Gasteiger charge is 2.05. The highest BCUT2D eigenvalue weighted by Crippen LogP contribution is 2.25. The van der Waals surface area contributed by atoms with Crippen molar-refractivity contribution in [2.45, 2.75) is 6.54 Å². The lowest BCUT2D eigenvalue weighted by atomic mass is 10.1. The zero-order valence-corrected chi connectivity index (χ0v) is 11.3. The van der Waals surface area contributed by atoms with Crippen LogP contribution < -0.4 is 5.32 Å². The third kappa shape index (κ3) is 3.11. The number of benzene rings is 1. The maximum Gasteiger partial charge on any atom is 0.117 e. The summed E-state index contributed by atoms with van der Waals surface area (Å²) in [6, 6.07) is 9.54. The minimum absolute atomic E-state index is 0.0496. The van der Waals surface area contributed by atoms with E-state index < -0.39 is 0 Å². The third-order valence-corrected chi connectivity index (χ3v) is 3.02. The number of halogens is 1. The Balaban J connectivity index is 2.17. The molecule has 0 saturated carbocycles. The first-order valence-corrected chi connectivity index (χ1v) is 6.26. The first kappa shape index (κ1) is 12.6. The summed E-state index contributed by atoms with van der Waals surface area (Å²) in [6.07, 6.45) is 3.51. The molecule has 0 amide bonds. The lowest BCUT2D eigenvalue weighted by Gasteiger charge is -2.11. The summed E-state index contributed by atoms with van der Waals surface area (Å²) in [5, 5.41) is 12.8. The number of hydrogen-bond donors (Lipinski definition) is 2. The fourth-order valence-electron chi connectivity index (χ4n) is 1.61. The molecule has 0 unspecified atom stereocenters. The number of aromatic nitrogens is 1. The van der Waals surface area contributed by atoms with Crippen molar-refractivity contribution >= 4 is 27.4 Å². The van der Waals surface area contributed by atoms with Gasteiger partial charge in [-0.15, -0.1) is 0 Å². The lowest BCUT2D eigenvalue weighted by molar-refractivity contribution is 0.514. The average molecular weight is 305 g/mol. The van der Waals surface area contributed by atoms with Crippen LogP contribution in [-0.2, 0) is 6.54 Å². The van der Waals surface area contributed by atoms with Crippen molar-refractivity contribution in [1.82, 2.24) is 4.98 Å². The Morgan fingerprint density at radius 1 is 1.28 bits per heavy atom. The van der Waals surface area contributed by atoms with Crippen molar-refractivity contribution in [1.29, 1.82) is 0 Å². The van der Waals surface area contributed by atoms with Gasteiger partial charge in [0.05, 0.1) is 0 Å². The topological polar surface area (TPSA) is 45.1 Å². The monoisotopic (exact) mass is 304 g/mol. The van der Waals surface area contributed by atoms with E-state index in [1.807, 2.05) is 30.3 Å². The van der Waals surface area contributed by atoms with Gasteiger partial charge in [-0.05, 0) is 35.9 Å². The van der Waals surface area contributed by atoms with Crippen LogP contribution >= 0.6 is 15.9 Å². The van der Waals surface area contributed by atoms with Crippen LogP contribution in [0.2, 0.25) is 0 Å². The summed E-state index contributed by atoms with van der Waals surface area (Å²) in [4.78, 5) is 3.97. The van der Waals surface area contributed by atoms with Gasteiger partial charge in [-0.25, -0.2) is 0 Å². The van der Waals surface area contributed by atoms with Crippen molar-refractivity contribution < 1.29 is 5.11 Å². The van der Waals surface area contributed by atoms with Crippen LogP contribution in [0, 0.1) is 0 Å². The number of pyridine rings is 1. The zero-order valence-electron chi connectivity index (χ0n) is 9.73. The fraction of sp³-hybridized carbons (Fsp3) is 0.0714. The van der Waals surface area contributed by atoms with E-state index in [2.05, 4.69) is 32.8 Å². The molecule has 18 heavy (non-hydrogen) atoms. The molecular formula is C14H13BrN2O. The van der Waals surface area contributed by atoms with Crippen LogP contribution in [0.25, 0.3) is 5.76 Å². The first-order valence-electron chi connectivity index (χ1n) is 5.47. The summed E-state index contributed by atoms with van der Waals surface area (Å²) in [6.45, 7) is 4.24. The molecule has 0 bridgehead atoms. The molecule has 2 aromatic rings. The number of nitrogens with one attached hydrogen (secondary N) is 1. The van der Waals surface area contributed by atoms with Crippen molar-refractivity contribution in [2.75, 3.05) is 5.32 Å². The van der Waals surface area contributed by atoms with Crippen LogP contribution in [0.3, 0.4) is 0 Å². The molecule has 0 radical (unpaired) electrons. The van der Waals surface area contributed by atoms with Gasteiger partial charge in [-0.2, -0.15) is 0 Å². The lowest BCUT2D eigenvalue weighted by Crippen LogP contribution is -2.02. The molecular weight excluding hydrogens is 292 g/mol. The van der Waals surface area contributed by atoms with Crippen LogP contribution in [0.15, 0.2) is 53.8 Å². The summed E-state index contributed by atoms with van der Waals surface area (Å²) in [5.74, 6) is 0.0496. The fourth-order valence-corrected chi connectivity index (χ4v) is 1.97. The van der Waals surface area contributed by atoms with Gasteiger partial charge in [-0.3, -0.25) is 4.98 Å². The van der Waals surface area contributed by atoms with E-state index in [1.54, 1.807) is 12.4 Å². The minimum Gasteiger partial charge on any atom is -0.508 e. The molecule has 0 atom stereocenters. The highest BCUT2D eigenvalue weighted by molar-refractivity contribution is 9.10. The van der Waals surface area contributed by atoms with Crippen molar-refractivity contribution in [3.8, 4) is 0 Å². The zero-order chi connectivity index (χ0) is 13.0. The number of aliphatic hydroxyl groups excluding tert-OH is 1. The van der Waals surface area contributed by atoms with Gasteiger partial charge in [0.1, 0.15) is 5.76 Å². The Bertz CT molecular complexity index is 555. The summed E-state index contributed by atoms with van der Waals surface area (Å²) in [7, 11) is 0. The molecule has 0 aliphatic carbocycles. The molecule has 0 spiro atoms. The van der Waals surface area contributed by atoms with Gasteiger partial charge in [0, 0.05) is 34.7 Å². The second-order valence-corrected chi connectivity index (χ2v) is 4.76. The highest BCUT2D eigenvalue weighted by atomic mass is 79.9. The normalized spacial score (nSPS) is 10.1. The first-order chi connectivity index (χ1) is 8.66. The molecule has 2 N–H and O–H groups in total. The van der Waals surface area contributed by atoms with E-state index in [-0.39, 0.29) is 5.76 Å². The molecule has 1 aromatic heterocycles. The standard InChI is InChI=1S/C14H13BrN2O/c1-10(18)13-8-12(15)2-3-14(13)17-9-11-4-6-16-7-5-11/h2-8,17-18H,1,9H2. The molecule has 0 fully saturated rings. The van der Waals surface area contributed by atoms with E-state index >= 15 is 0 Å². The molecule has 0 aliphatic heterocycles. The van der Waals surface area contributed by atoms with Gasteiger partial charge in [0.15, 0.2) is 0 Å². The molecule has 3 nitrogen and oxygen atoms in total. The number of hydrogen-bond acceptors (Lipinski definition) is 3. The van der Waals surface area contributed by atoms with E-state index in [4.69, 9.17) is 0 Å². The second kappa shape index (κ2) is 5.69. The summed E-state index contributed by atoms with van der Waals surface area (Å²) < 4.78 is 0.905. The Hall–Kier alpha value is -1.81. The van der Waals surface area contributed by atoms with Gasteiger partial charge >= 0.3 is 0 Å². The van der Waals surface area contributed by atoms with Gasteiger partial charge < -0.3 is 10.4 Å². The smallest absolute Gasteiger partial charge is 0.117 e. The SMILES string of the molecule is C=C(O)c1cc(Br)ccc1NCc1ccncc1. The quantitative estimate of drug-likeness (QED) is 0.840. The Morgan fingerprint density at radius 2 is 2.00 bits per heavy atom. The molecule has 0 aliphatic rings. The molecule has 4 heteroatoms. The largest absolute Gasteiger partial charge is 0.508 e. The van der Waals surface area contributed by atoms with E-state index in [0.717, 1.165) is 15.7 Å². The van der Waals surface area contributed by atoms with Crippen molar-refractivity contribution in [3.63, 3.8) is 0 Å². The number of anilines is 1. The predicted molar refractivity (Wildman–Crippen MR) is 77.4 cm³/mol. The molecule has 0 saturated heterocycles. The Kier molecular flexibility index (Phi) is 3.99. The summed E-state index contributed by atoms with van der Waals surface area (Å²) in [5.41, 5.74) is 2.67. The molecule has 2 rings (SSSR count). The maximum absolute atomic E-state index is 9.56. The van der Waals surface area contributed by atoms with Crippen molar-refractivity contribution in [3.05, 3.63) is 64.9 Å². The number of aliphatic hydroxyl groups is 1. The van der Waals surface area contributed by atoms with Crippen molar-refractivity contribution in [2.24, 2.45) is 0 Å². The van der Waals surface area contributed by atoms with Crippen LogP contribution in [0.5, 0.6) is 0 Å². The van der Waals surface area contributed by atoms with Crippen LogP contribution in [0.4, 0.5) is 5.69 Å². The van der Waals surface area contributed by atoms with E-state index in [0.29, 0.717) is 12.1 Å². The number of nitrogens with zero attached hydrogens (tertiary/aromatic N) is 1. The number of rotatable bonds is 4. The summed E-state index contributed by atoms with van der Waals surface area (Å²) >= 11 is 3.37. The van der Waals surface area contributed by atoms with E-state index in [1.165, 1.54) is 0 Å². The van der Waals surface area contributed by atoms with Gasteiger partial charge in [0.2, 0.25) is 0 Å². The third-order valence-electron chi connectivity index (χ3n) is 2.52. The predicted octanol–water partition coefficient (Wildman–Crippen LogP) is 3.98.